The van der Waals surface area contributed by atoms with Crippen molar-refractivity contribution >= 4 is 7.12 Å². The van der Waals surface area contributed by atoms with Crippen LogP contribution < -0.4 is 5.73 Å². The van der Waals surface area contributed by atoms with Gasteiger partial charge in [0.05, 0.1) is 13.2 Å². The Hall–Kier alpha value is -0.135. The standard InChI is InChI=1S/C5H14BNO2.C5H12O2/c1-4(2)3-5(7)6(8)9;1-5(2,3-6)4-7/h4-5,8-9H,3,7H2,1-2H3;6-7H,3-4H2,1-2H3/t5-;/m0./s1. The molecular formula is C10H26BNO4. The largest absolute Gasteiger partial charge is 0.469 e. The van der Waals surface area contributed by atoms with Gasteiger partial charge in [0.2, 0.25) is 0 Å². The summed E-state index contributed by atoms with van der Waals surface area (Å²) in [6, 6.07) is 0. The Balaban J connectivity index is 0. The lowest BCUT2D eigenvalue weighted by Crippen LogP contribution is -2.39. The third-order valence-electron chi connectivity index (χ3n) is 1.98. The molecule has 0 rings (SSSR count). The Morgan fingerprint density at radius 2 is 1.50 bits per heavy atom. The Kier molecular flexibility index (Phi) is 10.2. The molecule has 0 aromatic heterocycles. The van der Waals surface area contributed by atoms with Gasteiger partial charge in [-0.3, -0.25) is 0 Å². The zero-order valence-corrected chi connectivity index (χ0v) is 10.7. The molecule has 0 amide bonds. The fourth-order valence-electron chi connectivity index (χ4n) is 0.716. The fourth-order valence-corrected chi connectivity index (χ4v) is 0.716. The van der Waals surface area contributed by atoms with Crippen molar-refractivity contribution in [1.82, 2.24) is 0 Å². The van der Waals surface area contributed by atoms with Gasteiger partial charge in [-0.1, -0.05) is 27.7 Å². The molecule has 5 nitrogen and oxygen atoms in total. The average Bonchev–Trinajstić information content (AvgIpc) is 2.17. The van der Waals surface area contributed by atoms with Gasteiger partial charge in [-0.15, -0.1) is 0 Å². The lowest BCUT2D eigenvalue weighted by Gasteiger charge is -2.16. The van der Waals surface area contributed by atoms with Crippen LogP contribution in [0, 0.1) is 11.3 Å². The minimum atomic E-state index is -1.37. The van der Waals surface area contributed by atoms with E-state index in [1.165, 1.54) is 0 Å². The van der Waals surface area contributed by atoms with Crippen molar-refractivity contribution < 1.29 is 20.3 Å². The van der Waals surface area contributed by atoms with Crippen molar-refractivity contribution in [3.05, 3.63) is 0 Å². The second kappa shape index (κ2) is 8.95. The molecule has 1 atom stereocenters. The van der Waals surface area contributed by atoms with Crippen LogP contribution in [0.25, 0.3) is 0 Å². The van der Waals surface area contributed by atoms with Crippen molar-refractivity contribution in [2.24, 2.45) is 17.1 Å². The van der Waals surface area contributed by atoms with Crippen molar-refractivity contribution in [2.75, 3.05) is 13.2 Å². The van der Waals surface area contributed by atoms with Gasteiger partial charge in [0.15, 0.2) is 0 Å². The van der Waals surface area contributed by atoms with Crippen LogP contribution in [0.1, 0.15) is 34.1 Å². The summed E-state index contributed by atoms with van der Waals surface area (Å²) in [5.74, 6) is -0.0770. The van der Waals surface area contributed by atoms with Gasteiger partial charge >= 0.3 is 7.12 Å². The predicted octanol–water partition coefficient (Wildman–Crippen LogP) is -0.631. The second-order valence-electron chi connectivity index (χ2n) is 5.19. The van der Waals surface area contributed by atoms with Crippen molar-refractivity contribution in [3.63, 3.8) is 0 Å². The van der Waals surface area contributed by atoms with Crippen LogP contribution in [-0.2, 0) is 0 Å². The maximum atomic E-state index is 8.50. The monoisotopic (exact) mass is 235 g/mol. The van der Waals surface area contributed by atoms with Crippen molar-refractivity contribution in [2.45, 2.75) is 40.1 Å². The zero-order chi connectivity index (χ0) is 13.4. The summed E-state index contributed by atoms with van der Waals surface area (Å²) in [4.78, 5) is 0. The molecular weight excluding hydrogens is 209 g/mol. The lowest BCUT2D eigenvalue weighted by atomic mass is 9.76. The Morgan fingerprint density at radius 1 is 1.12 bits per heavy atom. The number of hydrogen-bond donors (Lipinski definition) is 5. The average molecular weight is 235 g/mol. The van der Waals surface area contributed by atoms with E-state index in [1.807, 2.05) is 13.8 Å². The minimum absolute atomic E-state index is 0.0451. The van der Waals surface area contributed by atoms with E-state index in [2.05, 4.69) is 0 Å². The fraction of sp³-hybridized carbons (Fsp3) is 1.00. The maximum absolute atomic E-state index is 8.50. The highest BCUT2D eigenvalue weighted by molar-refractivity contribution is 6.43. The number of aliphatic hydroxyl groups is 2. The third-order valence-corrected chi connectivity index (χ3v) is 1.98. The molecule has 98 valence electrons. The van der Waals surface area contributed by atoms with Crippen LogP contribution in [0.15, 0.2) is 0 Å². The molecule has 0 aliphatic heterocycles. The molecule has 16 heavy (non-hydrogen) atoms. The first-order valence-corrected chi connectivity index (χ1v) is 5.49. The van der Waals surface area contributed by atoms with E-state index < -0.39 is 13.1 Å². The summed E-state index contributed by atoms with van der Waals surface area (Å²) >= 11 is 0. The van der Waals surface area contributed by atoms with Gasteiger partial charge in [-0.2, -0.15) is 0 Å². The van der Waals surface area contributed by atoms with Gasteiger partial charge in [0.1, 0.15) is 0 Å². The van der Waals surface area contributed by atoms with Crippen LogP contribution in [-0.4, -0.2) is 46.5 Å². The Morgan fingerprint density at radius 3 is 1.56 bits per heavy atom. The summed E-state index contributed by atoms with van der Waals surface area (Å²) in [5.41, 5.74) is 5.01. The third kappa shape index (κ3) is 11.9. The molecule has 0 spiro atoms. The smallest absolute Gasteiger partial charge is 0.426 e. The molecule has 6 heteroatoms. The summed E-state index contributed by atoms with van der Waals surface area (Å²) in [6.45, 7) is 7.66. The van der Waals surface area contributed by atoms with E-state index in [1.54, 1.807) is 13.8 Å². The molecule has 0 aromatic carbocycles. The quantitative estimate of drug-likeness (QED) is 0.408. The molecule has 0 unspecified atom stereocenters. The molecule has 0 aliphatic rings. The first kappa shape index (κ1) is 18.2. The van der Waals surface area contributed by atoms with Gasteiger partial charge in [-0.05, 0) is 12.3 Å². The first-order valence-electron chi connectivity index (χ1n) is 5.49. The normalized spacial score (nSPS) is 13.1. The Bertz CT molecular complexity index is 159. The van der Waals surface area contributed by atoms with Crippen molar-refractivity contribution in [3.8, 4) is 0 Å². The van der Waals surface area contributed by atoms with Gasteiger partial charge in [-0.25, -0.2) is 0 Å². The summed E-state index contributed by atoms with van der Waals surface area (Å²) in [7, 11) is -1.37. The summed E-state index contributed by atoms with van der Waals surface area (Å²) < 4.78 is 0. The van der Waals surface area contributed by atoms with Crippen LogP contribution in [0.5, 0.6) is 0 Å². The van der Waals surface area contributed by atoms with Crippen LogP contribution in [0.3, 0.4) is 0 Å². The van der Waals surface area contributed by atoms with Crippen LogP contribution in [0.2, 0.25) is 0 Å². The summed E-state index contributed by atoms with van der Waals surface area (Å²) in [5, 5.41) is 33.9. The van der Waals surface area contributed by atoms with E-state index in [0.29, 0.717) is 12.3 Å². The van der Waals surface area contributed by atoms with E-state index in [9.17, 15) is 0 Å². The molecule has 6 N–H and O–H groups in total. The first-order chi connectivity index (χ1) is 7.16. The SMILES string of the molecule is CC(C)(CO)CO.CC(C)C[C@H](N)B(O)O. The molecule has 0 saturated carbocycles. The lowest BCUT2D eigenvalue weighted by molar-refractivity contribution is 0.0857. The second-order valence-corrected chi connectivity index (χ2v) is 5.19. The highest BCUT2D eigenvalue weighted by Gasteiger charge is 2.18. The molecule has 0 aromatic rings. The topological polar surface area (TPSA) is 107 Å². The predicted molar refractivity (Wildman–Crippen MR) is 65.6 cm³/mol. The molecule has 0 heterocycles. The zero-order valence-electron chi connectivity index (χ0n) is 10.7. The highest BCUT2D eigenvalue weighted by Crippen LogP contribution is 2.10. The number of rotatable bonds is 5. The van der Waals surface area contributed by atoms with Crippen LogP contribution >= 0.6 is 0 Å². The number of hydrogen-bond acceptors (Lipinski definition) is 5. The summed E-state index contributed by atoms with van der Waals surface area (Å²) in [6.07, 6.45) is 0.650. The van der Waals surface area contributed by atoms with Crippen molar-refractivity contribution in [1.29, 1.82) is 0 Å². The molecule has 0 bridgehead atoms. The van der Waals surface area contributed by atoms with Gasteiger partial charge in [0.25, 0.3) is 0 Å². The number of aliphatic hydroxyl groups excluding tert-OH is 2. The van der Waals surface area contributed by atoms with Crippen LogP contribution in [0.4, 0.5) is 0 Å². The molecule has 0 aliphatic carbocycles. The molecule has 0 saturated heterocycles. The number of nitrogens with two attached hydrogens (primary N) is 1. The highest BCUT2D eigenvalue weighted by atomic mass is 16.4. The van der Waals surface area contributed by atoms with Gasteiger partial charge in [0, 0.05) is 11.4 Å². The van der Waals surface area contributed by atoms with Gasteiger partial charge < -0.3 is 26.0 Å². The molecule has 0 fully saturated rings. The Labute approximate surface area is 98.4 Å². The van der Waals surface area contributed by atoms with E-state index in [4.69, 9.17) is 26.0 Å². The van der Waals surface area contributed by atoms with E-state index in [0.717, 1.165) is 0 Å². The maximum Gasteiger partial charge on any atom is 0.469 e. The van der Waals surface area contributed by atoms with E-state index >= 15 is 0 Å². The van der Waals surface area contributed by atoms with E-state index in [-0.39, 0.29) is 18.6 Å². The minimum Gasteiger partial charge on any atom is -0.426 e. The molecule has 0 radical (unpaired) electrons.